The zero-order chi connectivity index (χ0) is 8.48. The number of hydrogen-bond donors (Lipinski definition) is 3. The molecule has 1 fully saturated rings. The lowest BCUT2D eigenvalue weighted by molar-refractivity contribution is 0.262. The molecule has 1 aliphatic carbocycles. The highest BCUT2D eigenvalue weighted by atomic mass is 16.3. The summed E-state index contributed by atoms with van der Waals surface area (Å²) in [4.78, 5) is 0. The van der Waals surface area contributed by atoms with Gasteiger partial charge in [0.1, 0.15) is 0 Å². The van der Waals surface area contributed by atoms with Gasteiger partial charge in [-0.25, -0.2) is 0 Å². The molecule has 0 aliphatic heterocycles. The van der Waals surface area contributed by atoms with Crippen molar-refractivity contribution in [2.75, 3.05) is 13.2 Å². The maximum Gasteiger partial charge on any atom is 0.0478 e. The molecule has 0 radical (unpaired) electrons. The Kier molecular flexibility index (Phi) is 2.52. The highest BCUT2D eigenvalue weighted by Crippen LogP contribution is 2.39. The molecular weight excluding hydrogens is 140 g/mol. The van der Waals surface area contributed by atoms with Gasteiger partial charge in [-0.15, -0.1) is 0 Å². The van der Waals surface area contributed by atoms with E-state index in [0.717, 1.165) is 13.0 Å². The van der Waals surface area contributed by atoms with E-state index in [1.165, 1.54) is 0 Å². The van der Waals surface area contributed by atoms with Gasteiger partial charge in [0, 0.05) is 30.7 Å². The maximum atomic E-state index is 8.80. The Morgan fingerprint density at radius 1 is 1.73 bits per heavy atom. The van der Waals surface area contributed by atoms with Crippen molar-refractivity contribution in [1.82, 2.24) is 5.32 Å². The van der Waals surface area contributed by atoms with Crippen molar-refractivity contribution in [3.05, 3.63) is 0 Å². The summed E-state index contributed by atoms with van der Waals surface area (Å²) < 4.78 is 0. The van der Waals surface area contributed by atoms with Crippen molar-refractivity contribution in [2.24, 2.45) is 11.7 Å². The van der Waals surface area contributed by atoms with E-state index in [1.54, 1.807) is 0 Å². The molecule has 0 aromatic heterocycles. The van der Waals surface area contributed by atoms with Gasteiger partial charge in [-0.3, -0.25) is 0 Å². The molecule has 1 aliphatic rings. The lowest BCUT2D eigenvalue weighted by Crippen LogP contribution is -2.41. The SMILES string of the molecule is CC(C)NC[C@@]1(N)C[C@@H]1CO. The van der Waals surface area contributed by atoms with Crippen LogP contribution in [0.25, 0.3) is 0 Å². The Balaban J connectivity index is 2.18. The molecule has 0 unspecified atom stereocenters. The third kappa shape index (κ3) is 2.15. The van der Waals surface area contributed by atoms with E-state index in [0.29, 0.717) is 12.0 Å². The molecule has 0 aromatic carbocycles. The summed E-state index contributed by atoms with van der Waals surface area (Å²) in [6.07, 6.45) is 0.962. The predicted molar refractivity (Wildman–Crippen MR) is 45.2 cm³/mol. The fraction of sp³-hybridized carbons (Fsp3) is 1.00. The van der Waals surface area contributed by atoms with Gasteiger partial charge in [-0.1, -0.05) is 13.8 Å². The van der Waals surface area contributed by atoms with Gasteiger partial charge in [0.2, 0.25) is 0 Å². The van der Waals surface area contributed by atoms with Gasteiger partial charge in [0.05, 0.1) is 0 Å². The van der Waals surface area contributed by atoms with Crippen LogP contribution in [0.3, 0.4) is 0 Å². The van der Waals surface area contributed by atoms with Crippen LogP contribution in [0, 0.1) is 5.92 Å². The molecule has 4 N–H and O–H groups in total. The van der Waals surface area contributed by atoms with Crippen molar-refractivity contribution in [2.45, 2.75) is 31.8 Å². The van der Waals surface area contributed by atoms with Crippen LogP contribution in [0.15, 0.2) is 0 Å². The minimum absolute atomic E-state index is 0.112. The molecule has 66 valence electrons. The molecule has 0 amide bonds. The Morgan fingerprint density at radius 3 is 2.73 bits per heavy atom. The van der Waals surface area contributed by atoms with E-state index in [2.05, 4.69) is 19.2 Å². The van der Waals surface area contributed by atoms with E-state index in [-0.39, 0.29) is 12.1 Å². The first-order chi connectivity index (χ1) is 5.08. The van der Waals surface area contributed by atoms with Crippen molar-refractivity contribution in [3.63, 3.8) is 0 Å². The molecule has 11 heavy (non-hydrogen) atoms. The smallest absolute Gasteiger partial charge is 0.0478 e. The topological polar surface area (TPSA) is 58.3 Å². The molecule has 3 heteroatoms. The highest BCUT2D eigenvalue weighted by molar-refractivity contribution is 5.09. The molecule has 0 heterocycles. The summed E-state index contributed by atoms with van der Waals surface area (Å²) in [7, 11) is 0. The molecule has 3 nitrogen and oxygen atoms in total. The summed E-state index contributed by atoms with van der Waals surface area (Å²) in [5.41, 5.74) is 5.82. The second-order valence-corrected chi connectivity index (χ2v) is 3.85. The minimum Gasteiger partial charge on any atom is -0.396 e. The van der Waals surface area contributed by atoms with Crippen molar-refractivity contribution in [3.8, 4) is 0 Å². The molecule has 2 atom stereocenters. The summed E-state index contributed by atoms with van der Waals surface area (Å²) in [5.74, 6) is 0.328. The minimum atomic E-state index is -0.112. The first-order valence-electron chi connectivity index (χ1n) is 4.21. The molecule has 1 rings (SSSR count). The summed E-state index contributed by atoms with van der Waals surface area (Å²) >= 11 is 0. The first kappa shape index (κ1) is 8.97. The van der Waals surface area contributed by atoms with Crippen LogP contribution < -0.4 is 11.1 Å². The Labute approximate surface area is 68.0 Å². The van der Waals surface area contributed by atoms with Crippen LogP contribution in [0.2, 0.25) is 0 Å². The quantitative estimate of drug-likeness (QED) is 0.526. The Bertz CT molecular complexity index is 138. The third-order valence-corrected chi connectivity index (χ3v) is 2.34. The van der Waals surface area contributed by atoms with Crippen molar-refractivity contribution in [1.29, 1.82) is 0 Å². The number of rotatable bonds is 4. The normalized spacial score (nSPS) is 36.3. The fourth-order valence-electron chi connectivity index (χ4n) is 1.26. The number of aliphatic hydroxyl groups excluding tert-OH is 1. The van der Waals surface area contributed by atoms with E-state index in [9.17, 15) is 0 Å². The van der Waals surface area contributed by atoms with Gasteiger partial charge < -0.3 is 16.2 Å². The Hall–Kier alpha value is -0.120. The molecular formula is C8H18N2O. The summed E-state index contributed by atoms with van der Waals surface area (Å²) in [5, 5.41) is 12.1. The maximum absolute atomic E-state index is 8.80. The number of nitrogens with one attached hydrogen (secondary N) is 1. The van der Waals surface area contributed by atoms with Crippen LogP contribution in [0.4, 0.5) is 0 Å². The predicted octanol–water partition coefficient (Wildman–Crippen LogP) is -0.306. The lowest BCUT2D eigenvalue weighted by Gasteiger charge is -2.14. The van der Waals surface area contributed by atoms with Crippen LogP contribution in [0.5, 0.6) is 0 Å². The summed E-state index contributed by atoms with van der Waals surface area (Å²) in [6.45, 7) is 5.26. The van der Waals surface area contributed by atoms with E-state index in [4.69, 9.17) is 10.8 Å². The zero-order valence-corrected chi connectivity index (χ0v) is 7.30. The average Bonchev–Trinajstić information content (AvgIpc) is 2.59. The standard InChI is InChI=1S/C8H18N2O/c1-6(2)10-5-8(9)3-7(8)4-11/h6-7,10-11H,3-5,9H2,1-2H3/t7-,8+/m1/s1. The average molecular weight is 158 g/mol. The largest absolute Gasteiger partial charge is 0.396 e. The monoisotopic (exact) mass is 158 g/mol. The van der Waals surface area contributed by atoms with Crippen molar-refractivity contribution < 1.29 is 5.11 Å². The van der Waals surface area contributed by atoms with E-state index >= 15 is 0 Å². The zero-order valence-electron chi connectivity index (χ0n) is 7.30. The van der Waals surface area contributed by atoms with Crippen molar-refractivity contribution >= 4 is 0 Å². The third-order valence-electron chi connectivity index (χ3n) is 2.34. The second kappa shape index (κ2) is 3.09. The van der Waals surface area contributed by atoms with E-state index < -0.39 is 0 Å². The molecule has 0 bridgehead atoms. The fourth-order valence-corrected chi connectivity index (χ4v) is 1.26. The first-order valence-corrected chi connectivity index (χ1v) is 4.21. The number of aliphatic hydroxyl groups is 1. The summed E-state index contributed by atoms with van der Waals surface area (Å²) in [6, 6.07) is 0.482. The van der Waals surface area contributed by atoms with E-state index in [1.807, 2.05) is 0 Å². The number of hydrogen-bond acceptors (Lipinski definition) is 3. The number of nitrogens with two attached hydrogens (primary N) is 1. The van der Waals surface area contributed by atoms with Gasteiger partial charge >= 0.3 is 0 Å². The molecule has 0 spiro atoms. The van der Waals surface area contributed by atoms with Gasteiger partial charge in [-0.2, -0.15) is 0 Å². The van der Waals surface area contributed by atoms with Crippen LogP contribution >= 0.6 is 0 Å². The lowest BCUT2D eigenvalue weighted by atomic mass is 10.2. The molecule has 0 aromatic rings. The van der Waals surface area contributed by atoms with Gasteiger partial charge in [-0.05, 0) is 6.42 Å². The second-order valence-electron chi connectivity index (χ2n) is 3.85. The Morgan fingerprint density at radius 2 is 2.36 bits per heavy atom. The molecule has 0 saturated heterocycles. The molecule has 1 saturated carbocycles. The van der Waals surface area contributed by atoms with Crippen LogP contribution in [-0.2, 0) is 0 Å². The van der Waals surface area contributed by atoms with Gasteiger partial charge in [0.15, 0.2) is 0 Å². The highest BCUT2D eigenvalue weighted by Gasteiger charge is 2.49. The van der Waals surface area contributed by atoms with Gasteiger partial charge in [0.25, 0.3) is 0 Å². The van der Waals surface area contributed by atoms with Crippen LogP contribution in [-0.4, -0.2) is 29.8 Å². The van der Waals surface area contributed by atoms with Crippen LogP contribution in [0.1, 0.15) is 20.3 Å².